The molecular formula is C38H40BClN2O2. The van der Waals surface area contributed by atoms with E-state index >= 15 is 0 Å². The lowest BCUT2D eigenvalue weighted by molar-refractivity contribution is 0.425. The lowest BCUT2D eigenvalue weighted by atomic mass is 9.79. The molecule has 0 bridgehead atoms. The largest absolute Gasteiger partial charge is 0.488 e. The summed E-state index contributed by atoms with van der Waals surface area (Å²) >= 11 is 5.92. The molecule has 4 nitrogen and oxygen atoms in total. The number of halogens is 1. The summed E-state index contributed by atoms with van der Waals surface area (Å²) in [6, 6.07) is 29.0. The fraction of sp³-hybridized carbons (Fsp3) is 0.211. The van der Waals surface area contributed by atoms with Crippen molar-refractivity contribution in [3.8, 4) is 11.3 Å². The third-order valence-electron chi connectivity index (χ3n) is 7.30. The zero-order chi connectivity index (χ0) is 32.1. The van der Waals surface area contributed by atoms with Gasteiger partial charge in [0.15, 0.2) is 0 Å². The molecule has 6 rings (SSSR count). The van der Waals surface area contributed by atoms with Gasteiger partial charge in [-0.1, -0.05) is 81.4 Å². The standard InChI is InChI=1S/C19H19N.C11H10ClN.C8H11BO2/c1-12-5-6-18-16(8-12)11-15(4)19(20-18)17-9-13(2)7-14(3)10-17;1-7-3-4-10-9(5-7)6-8(2)11(12)13-10;1-6-3-7(2)5-8(4-6)9(10)11/h5-11H,1-4H3;3-6H,1-2H3;3-5,10-11H,1-2H3. The Balaban J connectivity index is 0.000000160. The molecule has 0 spiro atoms. The van der Waals surface area contributed by atoms with Gasteiger partial charge in [0, 0.05) is 16.3 Å². The number of fused-ring (bicyclic) bond motifs is 2. The fourth-order valence-corrected chi connectivity index (χ4v) is 5.49. The van der Waals surface area contributed by atoms with Gasteiger partial charge in [0.05, 0.1) is 16.7 Å². The number of pyridine rings is 2. The van der Waals surface area contributed by atoms with Crippen LogP contribution >= 0.6 is 11.6 Å². The zero-order valence-corrected chi connectivity index (χ0v) is 27.6. The summed E-state index contributed by atoms with van der Waals surface area (Å²) in [5.74, 6) is 0. The van der Waals surface area contributed by atoms with Crippen LogP contribution in [0, 0.1) is 55.4 Å². The summed E-state index contributed by atoms with van der Waals surface area (Å²) in [6.07, 6.45) is 0. The summed E-state index contributed by atoms with van der Waals surface area (Å²) in [5, 5.41) is 20.6. The molecule has 224 valence electrons. The minimum absolute atomic E-state index is 0.558. The van der Waals surface area contributed by atoms with Crippen LogP contribution in [0.25, 0.3) is 33.1 Å². The Bertz CT molecular complexity index is 1910. The van der Waals surface area contributed by atoms with Gasteiger partial charge in [0.25, 0.3) is 0 Å². The Morgan fingerprint density at radius 2 is 0.955 bits per heavy atom. The first-order chi connectivity index (χ1) is 20.8. The predicted molar refractivity (Wildman–Crippen MR) is 188 cm³/mol. The molecule has 6 aromatic rings. The molecule has 4 aromatic carbocycles. The second-order valence-electron chi connectivity index (χ2n) is 11.8. The highest BCUT2D eigenvalue weighted by Crippen LogP contribution is 2.27. The van der Waals surface area contributed by atoms with Crippen molar-refractivity contribution in [2.45, 2.75) is 55.4 Å². The van der Waals surface area contributed by atoms with E-state index in [0.717, 1.165) is 38.8 Å². The van der Waals surface area contributed by atoms with Crippen LogP contribution < -0.4 is 5.46 Å². The van der Waals surface area contributed by atoms with E-state index in [1.807, 2.05) is 39.0 Å². The van der Waals surface area contributed by atoms with Crippen LogP contribution in [-0.2, 0) is 0 Å². The van der Waals surface area contributed by atoms with Gasteiger partial charge < -0.3 is 10.0 Å². The summed E-state index contributed by atoms with van der Waals surface area (Å²) in [4.78, 5) is 9.15. The quantitative estimate of drug-likeness (QED) is 0.154. The van der Waals surface area contributed by atoms with E-state index in [1.165, 1.54) is 38.8 Å². The third-order valence-corrected chi connectivity index (χ3v) is 7.68. The third kappa shape index (κ3) is 8.54. The average molecular weight is 603 g/mol. The van der Waals surface area contributed by atoms with Crippen molar-refractivity contribution < 1.29 is 10.0 Å². The van der Waals surface area contributed by atoms with Crippen LogP contribution in [0.15, 0.2) is 84.9 Å². The van der Waals surface area contributed by atoms with Gasteiger partial charge in [-0.05, 0) is 121 Å². The molecular weight excluding hydrogens is 563 g/mol. The second-order valence-corrected chi connectivity index (χ2v) is 12.2. The van der Waals surface area contributed by atoms with Crippen LogP contribution in [0.1, 0.15) is 44.5 Å². The van der Waals surface area contributed by atoms with Crippen molar-refractivity contribution in [1.29, 1.82) is 0 Å². The van der Waals surface area contributed by atoms with Crippen molar-refractivity contribution in [3.63, 3.8) is 0 Å². The van der Waals surface area contributed by atoms with Crippen molar-refractivity contribution >= 4 is 46.0 Å². The van der Waals surface area contributed by atoms with E-state index in [2.05, 4.69) is 94.2 Å². The number of aryl methyl sites for hydroxylation is 8. The summed E-state index contributed by atoms with van der Waals surface area (Å²) in [6.45, 7) is 16.4. The molecule has 0 saturated carbocycles. The number of hydrogen-bond acceptors (Lipinski definition) is 4. The molecule has 2 heterocycles. The summed E-state index contributed by atoms with van der Waals surface area (Å²) < 4.78 is 0. The molecule has 0 aliphatic rings. The van der Waals surface area contributed by atoms with Crippen LogP contribution in [0.4, 0.5) is 0 Å². The maximum atomic E-state index is 8.83. The van der Waals surface area contributed by atoms with Gasteiger partial charge in [-0.3, -0.25) is 0 Å². The highest BCUT2D eigenvalue weighted by Gasteiger charge is 2.10. The molecule has 6 heteroatoms. The van der Waals surface area contributed by atoms with Crippen molar-refractivity contribution in [2.24, 2.45) is 0 Å². The van der Waals surface area contributed by atoms with Gasteiger partial charge in [-0.15, -0.1) is 0 Å². The minimum atomic E-state index is -1.35. The molecule has 0 amide bonds. The molecule has 0 radical (unpaired) electrons. The van der Waals surface area contributed by atoms with Gasteiger partial charge in [-0.2, -0.15) is 0 Å². The lowest BCUT2D eigenvalue weighted by Gasteiger charge is -2.10. The van der Waals surface area contributed by atoms with E-state index < -0.39 is 7.12 Å². The van der Waals surface area contributed by atoms with E-state index in [9.17, 15) is 0 Å². The van der Waals surface area contributed by atoms with Gasteiger partial charge in [0.2, 0.25) is 0 Å². The normalized spacial score (nSPS) is 10.6. The number of hydrogen-bond donors (Lipinski definition) is 2. The fourth-order valence-electron chi connectivity index (χ4n) is 5.34. The highest BCUT2D eigenvalue weighted by molar-refractivity contribution is 6.58. The minimum Gasteiger partial charge on any atom is -0.423 e. The highest BCUT2D eigenvalue weighted by atomic mass is 35.5. The number of aromatic nitrogens is 2. The molecule has 0 unspecified atom stereocenters. The topological polar surface area (TPSA) is 66.2 Å². The molecule has 44 heavy (non-hydrogen) atoms. The zero-order valence-electron chi connectivity index (χ0n) is 26.8. The Kier molecular flexibility index (Phi) is 10.6. The Morgan fingerprint density at radius 3 is 1.45 bits per heavy atom. The van der Waals surface area contributed by atoms with Gasteiger partial charge in [-0.25, -0.2) is 9.97 Å². The Morgan fingerprint density at radius 1 is 0.500 bits per heavy atom. The number of nitrogens with zero attached hydrogens (tertiary/aromatic N) is 2. The van der Waals surface area contributed by atoms with Crippen LogP contribution in [0.3, 0.4) is 0 Å². The molecule has 0 atom stereocenters. The Labute approximate surface area is 266 Å². The maximum absolute atomic E-state index is 8.83. The predicted octanol–water partition coefficient (Wildman–Crippen LogP) is 8.62. The molecule has 0 fully saturated rings. The summed E-state index contributed by atoms with van der Waals surface area (Å²) in [5.41, 5.74) is 14.3. The van der Waals surface area contributed by atoms with E-state index in [4.69, 9.17) is 26.6 Å². The molecule has 2 N–H and O–H groups in total. The van der Waals surface area contributed by atoms with Gasteiger partial charge in [0.1, 0.15) is 5.15 Å². The van der Waals surface area contributed by atoms with E-state index in [1.54, 1.807) is 12.1 Å². The molecule has 0 aliphatic heterocycles. The molecule has 2 aromatic heterocycles. The molecule has 0 saturated heterocycles. The lowest BCUT2D eigenvalue weighted by Crippen LogP contribution is -2.30. The number of benzene rings is 4. The second kappa shape index (κ2) is 14.2. The summed E-state index contributed by atoms with van der Waals surface area (Å²) in [7, 11) is -1.35. The van der Waals surface area contributed by atoms with E-state index in [0.29, 0.717) is 10.6 Å². The molecule has 0 aliphatic carbocycles. The van der Waals surface area contributed by atoms with Gasteiger partial charge >= 0.3 is 7.12 Å². The van der Waals surface area contributed by atoms with Crippen LogP contribution in [0.5, 0.6) is 0 Å². The monoisotopic (exact) mass is 602 g/mol. The first-order valence-corrected chi connectivity index (χ1v) is 15.1. The SMILES string of the molecule is Cc1cc(C)cc(-c2nc3ccc(C)cc3cc2C)c1.Cc1cc(C)cc(B(O)O)c1.Cc1ccc2nc(Cl)c(C)cc2c1. The first kappa shape index (κ1) is 32.9. The first-order valence-electron chi connectivity index (χ1n) is 14.7. The van der Waals surface area contributed by atoms with Crippen LogP contribution in [-0.4, -0.2) is 27.1 Å². The Hall–Kier alpha value is -4.03. The van der Waals surface area contributed by atoms with E-state index in [-0.39, 0.29) is 0 Å². The number of rotatable bonds is 2. The maximum Gasteiger partial charge on any atom is 0.488 e. The van der Waals surface area contributed by atoms with Crippen molar-refractivity contribution in [1.82, 2.24) is 9.97 Å². The van der Waals surface area contributed by atoms with Crippen molar-refractivity contribution in [2.75, 3.05) is 0 Å². The smallest absolute Gasteiger partial charge is 0.423 e. The van der Waals surface area contributed by atoms with Crippen molar-refractivity contribution in [3.05, 3.63) is 135 Å². The average Bonchev–Trinajstić information content (AvgIpc) is 2.93. The van der Waals surface area contributed by atoms with Crippen LogP contribution in [0.2, 0.25) is 5.15 Å².